The Hall–Kier alpha value is -1.40. The number of hydrogen-bond donors (Lipinski definition) is 2. The first-order valence-electron chi connectivity index (χ1n) is 7.84. The van der Waals surface area contributed by atoms with Gasteiger partial charge in [-0.3, -0.25) is 4.79 Å². The van der Waals surface area contributed by atoms with Gasteiger partial charge in [-0.1, -0.05) is 6.92 Å². The van der Waals surface area contributed by atoms with Crippen molar-refractivity contribution in [1.29, 1.82) is 0 Å². The van der Waals surface area contributed by atoms with Crippen molar-refractivity contribution < 1.29 is 18.1 Å². The van der Waals surface area contributed by atoms with Gasteiger partial charge in [-0.05, 0) is 30.7 Å². The number of carbonyl (C=O) groups is 1. The fourth-order valence-corrected chi connectivity index (χ4v) is 3.53. The highest BCUT2D eigenvalue weighted by molar-refractivity contribution is 7.90. The van der Waals surface area contributed by atoms with Crippen LogP contribution in [-0.4, -0.2) is 46.3 Å². The van der Waals surface area contributed by atoms with Crippen molar-refractivity contribution in [3.05, 3.63) is 29.8 Å². The van der Waals surface area contributed by atoms with Crippen molar-refractivity contribution in [2.45, 2.75) is 37.1 Å². The first-order chi connectivity index (χ1) is 10.4. The van der Waals surface area contributed by atoms with Crippen molar-refractivity contribution in [3.8, 4) is 0 Å². The molecule has 0 aliphatic carbocycles. The van der Waals surface area contributed by atoms with E-state index in [0.717, 1.165) is 32.2 Å². The minimum Gasteiger partial charge on any atom is -0.349 e. The molecule has 0 atom stereocenters. The maximum Gasteiger partial charge on any atom is 0.251 e. The monoisotopic (exact) mass is 325 g/mol. The molecule has 2 rings (SSSR count). The van der Waals surface area contributed by atoms with Gasteiger partial charge in [0.1, 0.15) is 0 Å². The van der Waals surface area contributed by atoms with Gasteiger partial charge in [-0.2, -0.15) is 0 Å². The second kappa shape index (κ2) is 7.24. The normalized spacial score (nSPS) is 22.3. The van der Waals surface area contributed by atoms with Gasteiger partial charge in [0.25, 0.3) is 5.91 Å². The quantitative estimate of drug-likeness (QED) is 0.817. The van der Waals surface area contributed by atoms with Gasteiger partial charge in [0.15, 0.2) is 9.84 Å². The smallest absolute Gasteiger partial charge is 0.251 e. The van der Waals surface area contributed by atoms with E-state index in [-0.39, 0.29) is 16.8 Å². The molecular formula is C16H25N2O3S+. The van der Waals surface area contributed by atoms with Gasteiger partial charge in [-0.25, -0.2) is 8.42 Å². The maximum absolute atomic E-state index is 12.2. The molecule has 1 aromatic rings. The Bertz CT molecular complexity index is 603. The predicted molar refractivity (Wildman–Crippen MR) is 85.9 cm³/mol. The highest BCUT2D eigenvalue weighted by Gasteiger charge is 2.23. The summed E-state index contributed by atoms with van der Waals surface area (Å²) in [5.74, 6) is -0.121. The third-order valence-electron chi connectivity index (χ3n) is 4.18. The summed E-state index contributed by atoms with van der Waals surface area (Å²) >= 11 is 0. The Balaban J connectivity index is 1.90. The number of piperidine rings is 1. The molecule has 1 amide bonds. The van der Waals surface area contributed by atoms with Crippen LogP contribution in [0.5, 0.6) is 0 Å². The maximum atomic E-state index is 12.2. The molecule has 0 aromatic heterocycles. The third-order valence-corrected chi connectivity index (χ3v) is 5.30. The summed E-state index contributed by atoms with van der Waals surface area (Å²) in [6, 6.07) is 6.34. The van der Waals surface area contributed by atoms with E-state index in [1.165, 1.54) is 25.1 Å². The highest BCUT2D eigenvalue weighted by Crippen LogP contribution is 2.11. The van der Waals surface area contributed by atoms with Crippen LogP contribution in [0.1, 0.15) is 36.5 Å². The van der Waals surface area contributed by atoms with E-state index in [2.05, 4.69) is 12.2 Å². The third kappa shape index (κ3) is 4.55. The van der Waals surface area contributed by atoms with Crippen LogP contribution < -0.4 is 10.2 Å². The summed E-state index contributed by atoms with van der Waals surface area (Å²) in [5.41, 5.74) is 0.510. The molecule has 0 saturated carbocycles. The Kier molecular flexibility index (Phi) is 5.58. The van der Waals surface area contributed by atoms with Crippen LogP contribution in [0.4, 0.5) is 0 Å². The zero-order valence-electron chi connectivity index (χ0n) is 13.3. The van der Waals surface area contributed by atoms with E-state index in [9.17, 15) is 13.2 Å². The molecule has 1 aliphatic rings. The number of likely N-dealkylation sites (tertiary alicyclic amines) is 1. The molecule has 22 heavy (non-hydrogen) atoms. The average molecular weight is 325 g/mol. The van der Waals surface area contributed by atoms with Crippen LogP contribution in [0.3, 0.4) is 0 Å². The fourth-order valence-electron chi connectivity index (χ4n) is 2.90. The molecule has 0 bridgehead atoms. The van der Waals surface area contributed by atoms with Crippen molar-refractivity contribution in [3.63, 3.8) is 0 Å². The molecular weight excluding hydrogens is 300 g/mol. The summed E-state index contributed by atoms with van der Waals surface area (Å²) in [5, 5.41) is 3.05. The van der Waals surface area contributed by atoms with Gasteiger partial charge >= 0.3 is 0 Å². The molecule has 2 N–H and O–H groups in total. The van der Waals surface area contributed by atoms with Crippen LogP contribution in [0, 0.1) is 0 Å². The second-order valence-electron chi connectivity index (χ2n) is 6.04. The van der Waals surface area contributed by atoms with Crippen LogP contribution in [0.2, 0.25) is 0 Å². The molecule has 1 aliphatic heterocycles. The first-order valence-corrected chi connectivity index (χ1v) is 9.74. The Morgan fingerprint density at radius 1 is 1.23 bits per heavy atom. The summed E-state index contributed by atoms with van der Waals surface area (Å²) in [6.07, 6.45) is 4.36. The molecule has 5 nitrogen and oxygen atoms in total. The lowest BCUT2D eigenvalue weighted by Gasteiger charge is -2.29. The van der Waals surface area contributed by atoms with Crippen LogP contribution in [0.15, 0.2) is 29.2 Å². The van der Waals surface area contributed by atoms with E-state index in [4.69, 9.17) is 0 Å². The molecule has 1 saturated heterocycles. The summed E-state index contributed by atoms with van der Waals surface area (Å²) in [6.45, 7) is 5.60. The first kappa shape index (κ1) is 17.0. The molecule has 0 unspecified atom stereocenters. The van der Waals surface area contributed by atoms with E-state index in [0.29, 0.717) is 5.56 Å². The van der Waals surface area contributed by atoms with Gasteiger partial charge in [-0.15, -0.1) is 0 Å². The topological polar surface area (TPSA) is 67.7 Å². The Morgan fingerprint density at radius 2 is 1.82 bits per heavy atom. The van der Waals surface area contributed by atoms with Crippen molar-refractivity contribution >= 4 is 15.7 Å². The molecule has 0 radical (unpaired) electrons. The molecule has 122 valence electrons. The van der Waals surface area contributed by atoms with Crippen LogP contribution >= 0.6 is 0 Å². The summed E-state index contributed by atoms with van der Waals surface area (Å²) < 4.78 is 22.8. The highest BCUT2D eigenvalue weighted by atomic mass is 32.2. The lowest BCUT2D eigenvalue weighted by Crippen LogP contribution is -3.13. The Morgan fingerprint density at radius 3 is 2.32 bits per heavy atom. The fraction of sp³-hybridized carbons (Fsp3) is 0.562. The molecule has 1 heterocycles. The van der Waals surface area contributed by atoms with E-state index < -0.39 is 9.84 Å². The zero-order valence-corrected chi connectivity index (χ0v) is 14.1. The van der Waals surface area contributed by atoms with Gasteiger partial charge in [0, 0.05) is 30.7 Å². The van der Waals surface area contributed by atoms with Crippen molar-refractivity contribution in [2.24, 2.45) is 0 Å². The standard InChI is InChI=1S/C16H24N2O3S/c1-3-10-18-11-8-14(9-12-18)17-16(19)13-4-6-15(7-5-13)22(2,20)21/h4-7,14H,3,8-12H2,1-2H3,(H,17,19)/p+1. The minimum absolute atomic E-state index is 0.121. The number of nitrogens with one attached hydrogen (secondary N) is 2. The largest absolute Gasteiger partial charge is 0.349 e. The number of quaternary nitrogens is 1. The van der Waals surface area contributed by atoms with Gasteiger partial charge in [0.2, 0.25) is 0 Å². The number of hydrogen-bond acceptors (Lipinski definition) is 3. The van der Waals surface area contributed by atoms with Gasteiger partial charge in [0.05, 0.1) is 24.5 Å². The van der Waals surface area contributed by atoms with Crippen molar-refractivity contribution in [2.75, 3.05) is 25.9 Å². The molecule has 1 aromatic carbocycles. The average Bonchev–Trinajstić information content (AvgIpc) is 2.49. The zero-order chi connectivity index (χ0) is 16.2. The predicted octanol–water partition coefficient (Wildman–Crippen LogP) is 0.277. The lowest BCUT2D eigenvalue weighted by atomic mass is 10.0. The Labute approximate surface area is 132 Å². The van der Waals surface area contributed by atoms with Crippen LogP contribution in [0.25, 0.3) is 0 Å². The number of rotatable bonds is 5. The van der Waals surface area contributed by atoms with Crippen LogP contribution in [-0.2, 0) is 9.84 Å². The SMILES string of the molecule is CCC[NH+]1CCC(NC(=O)c2ccc(S(C)(=O)=O)cc2)CC1. The number of benzene rings is 1. The summed E-state index contributed by atoms with van der Waals surface area (Å²) in [7, 11) is -3.22. The lowest BCUT2D eigenvalue weighted by molar-refractivity contribution is -0.905. The summed E-state index contributed by atoms with van der Waals surface area (Å²) in [4.78, 5) is 14.1. The second-order valence-corrected chi connectivity index (χ2v) is 8.06. The molecule has 0 spiro atoms. The van der Waals surface area contributed by atoms with Gasteiger partial charge < -0.3 is 10.2 Å². The van der Waals surface area contributed by atoms with E-state index >= 15 is 0 Å². The number of carbonyl (C=O) groups excluding carboxylic acids is 1. The van der Waals surface area contributed by atoms with E-state index in [1.54, 1.807) is 17.0 Å². The number of sulfone groups is 1. The minimum atomic E-state index is -3.22. The molecule has 1 fully saturated rings. The van der Waals surface area contributed by atoms with Crippen molar-refractivity contribution in [1.82, 2.24) is 5.32 Å². The van der Waals surface area contributed by atoms with E-state index in [1.807, 2.05) is 0 Å². The molecule has 6 heteroatoms. The number of amides is 1.